The number of benzene rings is 2. The molecule has 5 aromatic rings. The maximum atomic E-state index is 12.9. The largest absolute Gasteiger partial charge is 0.308 e. The zero-order valence-electron chi connectivity index (χ0n) is 19.7. The minimum absolute atomic E-state index is 0.0390. The van der Waals surface area contributed by atoms with E-state index in [0.29, 0.717) is 38.5 Å². The number of fused-ring (bicyclic) bond motifs is 1. The lowest BCUT2D eigenvalue weighted by atomic mass is 10.0. The summed E-state index contributed by atoms with van der Waals surface area (Å²) in [6, 6.07) is 20.1. The van der Waals surface area contributed by atoms with Gasteiger partial charge in [0.25, 0.3) is 15.9 Å². The number of hydrogen-bond acceptors (Lipinski definition) is 6. The Labute approximate surface area is 227 Å². The summed E-state index contributed by atoms with van der Waals surface area (Å²) >= 11 is 13.4. The number of sulfonamides is 1. The number of halogens is 2. The summed E-state index contributed by atoms with van der Waals surface area (Å²) < 4.78 is 29.4. The molecule has 11 heteroatoms. The lowest BCUT2D eigenvalue weighted by Crippen LogP contribution is -2.30. The van der Waals surface area contributed by atoms with Crippen molar-refractivity contribution in [1.29, 1.82) is 0 Å². The van der Waals surface area contributed by atoms with Crippen LogP contribution in [0.3, 0.4) is 0 Å². The molecule has 0 fully saturated rings. The van der Waals surface area contributed by atoms with E-state index in [1.54, 1.807) is 6.92 Å². The topological polar surface area (TPSA) is 93.9 Å². The van der Waals surface area contributed by atoms with Crippen LogP contribution in [-0.2, 0) is 16.6 Å². The van der Waals surface area contributed by atoms with Gasteiger partial charge >= 0.3 is 0 Å². The second-order valence-corrected chi connectivity index (χ2v) is 12.4. The third-order valence-electron chi connectivity index (χ3n) is 5.85. The standard InChI is InChI=1S/C26H20Cl2N4O3S2/c1-15-12-21(26(33)31-37(34,35)23-11-10-22(28)36-23)30-25-24(15)29-16(2)32(25)14-19-9-8-18(13-20(19)27)17-6-4-3-5-7-17/h3-13H,14H2,1-2H3,(H,31,33). The molecule has 7 nitrogen and oxygen atoms in total. The Hall–Kier alpha value is -3.24. The molecule has 0 saturated carbocycles. The summed E-state index contributed by atoms with van der Waals surface area (Å²) in [4.78, 5) is 22.0. The zero-order valence-corrected chi connectivity index (χ0v) is 22.8. The van der Waals surface area contributed by atoms with Crippen molar-refractivity contribution in [3.8, 4) is 11.1 Å². The highest BCUT2D eigenvalue weighted by atomic mass is 35.5. The first-order valence-electron chi connectivity index (χ1n) is 11.1. The highest BCUT2D eigenvalue weighted by Crippen LogP contribution is 2.28. The number of nitrogens with one attached hydrogen (secondary N) is 1. The summed E-state index contributed by atoms with van der Waals surface area (Å²) in [5, 5.41) is 0.592. The van der Waals surface area contributed by atoms with Crippen molar-refractivity contribution in [2.24, 2.45) is 0 Å². The number of aromatic nitrogens is 3. The summed E-state index contributed by atoms with van der Waals surface area (Å²) in [5.41, 5.74) is 4.66. The zero-order chi connectivity index (χ0) is 26.3. The first-order chi connectivity index (χ1) is 17.6. The first-order valence-corrected chi connectivity index (χ1v) is 14.2. The lowest BCUT2D eigenvalue weighted by molar-refractivity contribution is 0.0977. The minimum Gasteiger partial charge on any atom is -0.308 e. The molecule has 0 bridgehead atoms. The third-order valence-corrected chi connectivity index (χ3v) is 9.25. The van der Waals surface area contributed by atoms with Crippen LogP contribution in [0.5, 0.6) is 0 Å². The van der Waals surface area contributed by atoms with E-state index < -0.39 is 15.9 Å². The summed E-state index contributed by atoms with van der Waals surface area (Å²) in [6.45, 7) is 4.02. The maximum Gasteiger partial charge on any atom is 0.283 e. The molecular weight excluding hydrogens is 551 g/mol. The first kappa shape index (κ1) is 25.4. The quantitative estimate of drug-likeness (QED) is 0.260. The molecule has 1 N–H and O–H groups in total. The molecule has 1 amide bonds. The van der Waals surface area contributed by atoms with E-state index in [1.165, 1.54) is 18.2 Å². The second-order valence-electron chi connectivity index (χ2n) is 8.41. The van der Waals surface area contributed by atoms with Crippen molar-refractivity contribution in [2.45, 2.75) is 24.6 Å². The van der Waals surface area contributed by atoms with E-state index >= 15 is 0 Å². The normalized spacial score (nSPS) is 11.7. The molecule has 0 unspecified atom stereocenters. The Balaban J connectivity index is 1.48. The Morgan fingerprint density at radius 2 is 1.73 bits per heavy atom. The van der Waals surface area contributed by atoms with Crippen LogP contribution in [-0.4, -0.2) is 28.9 Å². The van der Waals surface area contributed by atoms with Gasteiger partial charge in [0.2, 0.25) is 0 Å². The summed E-state index contributed by atoms with van der Waals surface area (Å²) in [5.74, 6) is -0.155. The van der Waals surface area contributed by atoms with E-state index in [9.17, 15) is 13.2 Å². The third kappa shape index (κ3) is 5.13. The molecule has 0 radical (unpaired) electrons. The van der Waals surface area contributed by atoms with Crippen molar-refractivity contribution in [1.82, 2.24) is 19.3 Å². The van der Waals surface area contributed by atoms with Crippen molar-refractivity contribution < 1.29 is 13.2 Å². The maximum absolute atomic E-state index is 12.9. The van der Waals surface area contributed by atoms with E-state index in [0.717, 1.165) is 28.0 Å². The fraction of sp³-hybridized carbons (Fsp3) is 0.115. The van der Waals surface area contributed by atoms with Gasteiger partial charge in [-0.2, -0.15) is 0 Å². The summed E-state index contributed by atoms with van der Waals surface area (Å²) in [6.07, 6.45) is 0. The molecule has 0 aliphatic rings. The predicted octanol–water partition coefficient (Wildman–Crippen LogP) is 6.25. The molecule has 5 rings (SSSR count). The Kier molecular flexibility index (Phi) is 6.80. The number of amides is 1. The fourth-order valence-electron chi connectivity index (χ4n) is 3.98. The van der Waals surface area contributed by atoms with Crippen LogP contribution >= 0.6 is 34.5 Å². The van der Waals surface area contributed by atoms with E-state index in [2.05, 4.69) is 14.7 Å². The van der Waals surface area contributed by atoms with E-state index in [4.69, 9.17) is 23.2 Å². The van der Waals surface area contributed by atoms with Gasteiger partial charge in [0.1, 0.15) is 21.2 Å². The van der Waals surface area contributed by atoms with Gasteiger partial charge in [-0.05, 0) is 60.4 Å². The van der Waals surface area contributed by atoms with E-state index in [1.807, 2.05) is 60.0 Å². The van der Waals surface area contributed by atoms with Crippen molar-refractivity contribution in [3.63, 3.8) is 0 Å². The molecule has 0 aliphatic carbocycles. The smallest absolute Gasteiger partial charge is 0.283 e. The number of aryl methyl sites for hydroxylation is 2. The van der Waals surface area contributed by atoms with Gasteiger partial charge in [-0.1, -0.05) is 65.7 Å². The average Bonchev–Trinajstić information content (AvgIpc) is 3.44. The van der Waals surface area contributed by atoms with Gasteiger partial charge in [-0.3, -0.25) is 4.79 Å². The van der Waals surface area contributed by atoms with Crippen LogP contribution in [0.1, 0.15) is 27.4 Å². The van der Waals surface area contributed by atoms with Crippen LogP contribution in [0.4, 0.5) is 0 Å². The number of thiophene rings is 1. The molecule has 2 aromatic carbocycles. The van der Waals surface area contributed by atoms with Crippen LogP contribution in [0.2, 0.25) is 9.36 Å². The lowest BCUT2D eigenvalue weighted by Gasteiger charge is -2.11. The molecule has 0 spiro atoms. The van der Waals surface area contributed by atoms with Gasteiger partial charge < -0.3 is 4.57 Å². The molecule has 3 aromatic heterocycles. The van der Waals surface area contributed by atoms with Crippen LogP contribution in [0, 0.1) is 13.8 Å². The molecule has 0 atom stereocenters. The molecule has 188 valence electrons. The van der Waals surface area contributed by atoms with Crippen molar-refractivity contribution >= 4 is 61.6 Å². The van der Waals surface area contributed by atoms with Gasteiger partial charge in [-0.25, -0.2) is 23.1 Å². The van der Waals surface area contributed by atoms with Crippen LogP contribution in [0.25, 0.3) is 22.3 Å². The molecule has 0 aliphatic heterocycles. The number of pyridine rings is 1. The Morgan fingerprint density at radius 1 is 0.973 bits per heavy atom. The highest BCUT2D eigenvalue weighted by molar-refractivity contribution is 7.92. The minimum atomic E-state index is -4.08. The molecular formula is C26H20Cl2N4O3S2. The van der Waals surface area contributed by atoms with Gasteiger partial charge in [0.05, 0.1) is 10.9 Å². The molecule has 3 heterocycles. The number of hydrogen-bond donors (Lipinski definition) is 1. The van der Waals surface area contributed by atoms with Gasteiger partial charge in [-0.15, -0.1) is 11.3 Å². The SMILES string of the molecule is Cc1cc(C(=O)NS(=O)(=O)c2ccc(Cl)s2)nc2c1nc(C)n2Cc1ccc(-c2ccccc2)cc1Cl. The van der Waals surface area contributed by atoms with E-state index in [-0.39, 0.29) is 9.90 Å². The number of carbonyl (C=O) groups excluding carboxylic acids is 1. The number of rotatable bonds is 6. The number of nitrogens with zero attached hydrogens (tertiary/aromatic N) is 3. The summed E-state index contributed by atoms with van der Waals surface area (Å²) in [7, 11) is -4.08. The van der Waals surface area contributed by atoms with Gasteiger partial charge in [0.15, 0.2) is 5.65 Å². The predicted molar refractivity (Wildman–Crippen MR) is 147 cm³/mol. The molecule has 37 heavy (non-hydrogen) atoms. The van der Waals surface area contributed by atoms with Crippen LogP contribution < -0.4 is 4.72 Å². The Bertz CT molecular complexity index is 1760. The highest BCUT2D eigenvalue weighted by Gasteiger charge is 2.23. The fourth-order valence-corrected chi connectivity index (χ4v) is 6.66. The monoisotopic (exact) mass is 570 g/mol. The number of imidazole rings is 1. The van der Waals surface area contributed by atoms with Crippen LogP contribution in [0.15, 0.2) is 70.9 Å². The number of carbonyl (C=O) groups is 1. The van der Waals surface area contributed by atoms with Crippen molar-refractivity contribution in [2.75, 3.05) is 0 Å². The molecule has 0 saturated heterocycles. The van der Waals surface area contributed by atoms with Gasteiger partial charge in [0, 0.05) is 5.02 Å². The Morgan fingerprint density at radius 3 is 2.41 bits per heavy atom. The average molecular weight is 572 g/mol. The van der Waals surface area contributed by atoms with Crippen molar-refractivity contribution in [3.05, 3.63) is 98.7 Å². The second kappa shape index (κ2) is 9.90.